The van der Waals surface area contributed by atoms with Crippen molar-refractivity contribution in [2.45, 2.75) is 26.7 Å². The third-order valence-corrected chi connectivity index (χ3v) is 3.87. The zero-order chi connectivity index (χ0) is 12.1. The lowest BCUT2D eigenvalue weighted by Gasteiger charge is -2.09. The first kappa shape index (κ1) is 13.0. The number of nitrogens with two attached hydrogens (primary N) is 1. The number of rotatable bonds is 3. The second kappa shape index (κ2) is 5.90. The molecule has 0 radical (unpaired) electrons. The van der Waals surface area contributed by atoms with Crippen LogP contribution in [0.15, 0.2) is 23.8 Å². The quantitative estimate of drug-likeness (QED) is 0.682. The van der Waals surface area contributed by atoms with Gasteiger partial charge in [-0.1, -0.05) is 31.5 Å². The number of nitrogens with zero attached hydrogens (tertiary/aromatic N) is 1. The summed E-state index contributed by atoms with van der Waals surface area (Å²) in [6.45, 7) is 4.09. The fourth-order valence-electron chi connectivity index (χ4n) is 1.52. The van der Waals surface area contributed by atoms with Crippen LogP contribution in [0.1, 0.15) is 30.9 Å². The number of halogens is 1. The molecule has 0 bridgehead atoms. The highest BCUT2D eigenvalue weighted by Crippen LogP contribution is 2.24. The van der Waals surface area contributed by atoms with Crippen molar-refractivity contribution in [2.75, 3.05) is 0 Å². The smallest absolute Gasteiger partial charge is 0.0968 e. The summed E-state index contributed by atoms with van der Waals surface area (Å²) in [5, 5.41) is 9.06. The van der Waals surface area contributed by atoms with Crippen molar-refractivity contribution >= 4 is 28.3 Å². The van der Waals surface area contributed by atoms with Crippen LogP contribution >= 0.6 is 22.6 Å². The number of hydrogen-bond donors (Lipinski definition) is 1. The Balaban J connectivity index is 3.28. The molecular weight excluding hydrogens is 311 g/mol. The molecule has 1 rings (SSSR count). The highest BCUT2D eigenvalue weighted by atomic mass is 127. The number of benzene rings is 1. The molecular formula is C13H15IN2. The first-order valence-corrected chi connectivity index (χ1v) is 6.33. The van der Waals surface area contributed by atoms with Crippen LogP contribution in [-0.2, 0) is 0 Å². The Morgan fingerprint density at radius 1 is 1.50 bits per heavy atom. The van der Waals surface area contributed by atoms with Crippen LogP contribution in [-0.4, -0.2) is 0 Å². The minimum absolute atomic E-state index is 0.623. The van der Waals surface area contributed by atoms with E-state index in [0.717, 1.165) is 22.0 Å². The molecule has 2 nitrogen and oxygen atoms in total. The maximum Gasteiger partial charge on any atom is 0.0968 e. The van der Waals surface area contributed by atoms with E-state index in [1.165, 1.54) is 5.56 Å². The molecule has 0 spiro atoms. The van der Waals surface area contributed by atoms with Gasteiger partial charge in [0, 0.05) is 9.13 Å². The number of hydrogen-bond acceptors (Lipinski definition) is 2. The third kappa shape index (κ3) is 2.76. The van der Waals surface area contributed by atoms with Crippen molar-refractivity contribution in [2.24, 2.45) is 5.73 Å². The van der Waals surface area contributed by atoms with Crippen LogP contribution in [0.5, 0.6) is 0 Å². The molecule has 0 aromatic heterocycles. The molecule has 0 aliphatic carbocycles. The average Bonchev–Trinajstić information content (AvgIpc) is 2.29. The first-order valence-electron chi connectivity index (χ1n) is 5.26. The van der Waals surface area contributed by atoms with Crippen LogP contribution in [0, 0.1) is 21.8 Å². The van der Waals surface area contributed by atoms with Crippen LogP contribution in [0.25, 0.3) is 5.70 Å². The Kier molecular flexibility index (Phi) is 4.81. The number of nitriles is 1. The zero-order valence-corrected chi connectivity index (χ0v) is 11.7. The van der Waals surface area contributed by atoms with E-state index in [1.54, 1.807) is 0 Å². The molecule has 1 aromatic carbocycles. The van der Waals surface area contributed by atoms with E-state index in [9.17, 15) is 0 Å². The lowest BCUT2D eigenvalue weighted by molar-refractivity contribution is 0.928. The fourth-order valence-corrected chi connectivity index (χ4v) is 2.17. The summed E-state index contributed by atoms with van der Waals surface area (Å²) in [5.41, 5.74) is 9.53. The highest BCUT2D eigenvalue weighted by molar-refractivity contribution is 14.1. The van der Waals surface area contributed by atoms with Crippen molar-refractivity contribution in [3.63, 3.8) is 0 Å². The molecule has 3 heteroatoms. The molecule has 0 saturated carbocycles. The minimum Gasteiger partial charge on any atom is -0.397 e. The fraction of sp³-hybridized carbons (Fsp3) is 0.308. The van der Waals surface area contributed by atoms with E-state index in [-0.39, 0.29) is 0 Å². The van der Waals surface area contributed by atoms with E-state index in [1.807, 2.05) is 32.0 Å². The Bertz CT molecular complexity index is 455. The molecule has 16 heavy (non-hydrogen) atoms. The van der Waals surface area contributed by atoms with Gasteiger partial charge in [0.05, 0.1) is 17.3 Å². The van der Waals surface area contributed by atoms with E-state index in [0.29, 0.717) is 11.3 Å². The summed E-state index contributed by atoms with van der Waals surface area (Å²) in [6, 6.07) is 8.19. The van der Waals surface area contributed by atoms with Crippen LogP contribution in [0.4, 0.5) is 0 Å². The predicted octanol–water partition coefficient (Wildman–Crippen LogP) is 3.59. The van der Waals surface area contributed by atoms with Gasteiger partial charge in [-0.05, 0) is 41.5 Å². The van der Waals surface area contributed by atoms with Gasteiger partial charge in [0.1, 0.15) is 0 Å². The maximum atomic E-state index is 9.06. The summed E-state index contributed by atoms with van der Waals surface area (Å²) in [4.78, 5) is 0. The predicted molar refractivity (Wildman–Crippen MR) is 75.5 cm³/mol. The van der Waals surface area contributed by atoms with Gasteiger partial charge in [0.15, 0.2) is 0 Å². The molecule has 0 atom stereocenters. The third-order valence-electron chi connectivity index (χ3n) is 2.44. The molecule has 0 aliphatic rings. The minimum atomic E-state index is 0.623. The molecule has 0 unspecified atom stereocenters. The van der Waals surface area contributed by atoms with Gasteiger partial charge in [0.2, 0.25) is 0 Å². The van der Waals surface area contributed by atoms with Gasteiger partial charge in [0.25, 0.3) is 0 Å². The number of aryl methyl sites for hydroxylation is 1. The van der Waals surface area contributed by atoms with Crippen molar-refractivity contribution < 1.29 is 0 Å². The van der Waals surface area contributed by atoms with E-state index >= 15 is 0 Å². The van der Waals surface area contributed by atoms with Crippen molar-refractivity contribution in [1.29, 1.82) is 5.26 Å². The van der Waals surface area contributed by atoms with E-state index in [4.69, 9.17) is 11.0 Å². The van der Waals surface area contributed by atoms with Gasteiger partial charge < -0.3 is 5.73 Å². The van der Waals surface area contributed by atoms with Crippen LogP contribution in [0.2, 0.25) is 0 Å². The summed E-state index contributed by atoms with van der Waals surface area (Å²) in [5.74, 6) is 0. The molecule has 0 aliphatic heterocycles. The average molecular weight is 326 g/mol. The van der Waals surface area contributed by atoms with Crippen molar-refractivity contribution in [1.82, 2.24) is 0 Å². The molecule has 0 heterocycles. The summed E-state index contributed by atoms with van der Waals surface area (Å²) >= 11 is 2.27. The Morgan fingerprint density at radius 2 is 2.19 bits per heavy atom. The standard InChI is InChI=1S/C13H15IN2/c1-3-5-10(8-15)13(16)11-7-4-6-9(2)12(11)14/h4,6-7H,3,5,16H2,1-2H3/b13-10-. The van der Waals surface area contributed by atoms with Crippen LogP contribution < -0.4 is 5.73 Å². The van der Waals surface area contributed by atoms with Crippen molar-refractivity contribution in [3.8, 4) is 6.07 Å². The summed E-state index contributed by atoms with van der Waals surface area (Å²) in [6.07, 6.45) is 1.68. The largest absolute Gasteiger partial charge is 0.397 e. The highest BCUT2D eigenvalue weighted by Gasteiger charge is 2.09. The first-order chi connectivity index (χ1) is 7.61. The molecule has 1 aromatic rings. The van der Waals surface area contributed by atoms with Crippen molar-refractivity contribution in [3.05, 3.63) is 38.5 Å². The maximum absolute atomic E-state index is 9.06. The zero-order valence-electron chi connectivity index (χ0n) is 9.55. The molecule has 0 saturated heterocycles. The van der Waals surface area contributed by atoms with Gasteiger partial charge in [-0.25, -0.2) is 0 Å². The van der Waals surface area contributed by atoms with Gasteiger partial charge in [-0.15, -0.1) is 0 Å². The number of allylic oxidation sites excluding steroid dienone is 1. The Labute approximate surface area is 110 Å². The lowest BCUT2D eigenvalue weighted by Crippen LogP contribution is -2.03. The monoisotopic (exact) mass is 326 g/mol. The van der Waals surface area contributed by atoms with E-state index < -0.39 is 0 Å². The summed E-state index contributed by atoms with van der Waals surface area (Å²) < 4.78 is 1.13. The van der Waals surface area contributed by atoms with Gasteiger partial charge in [-0.2, -0.15) is 5.26 Å². The normalized spacial score (nSPS) is 11.9. The van der Waals surface area contributed by atoms with Gasteiger partial charge in [-0.3, -0.25) is 0 Å². The Morgan fingerprint density at radius 3 is 2.75 bits per heavy atom. The molecule has 0 amide bonds. The summed E-state index contributed by atoms with van der Waals surface area (Å²) in [7, 11) is 0. The molecule has 0 fully saturated rings. The molecule has 2 N–H and O–H groups in total. The van der Waals surface area contributed by atoms with E-state index in [2.05, 4.69) is 28.7 Å². The Hall–Kier alpha value is -1.02. The lowest BCUT2D eigenvalue weighted by atomic mass is 10.0. The molecule has 84 valence electrons. The SMILES string of the molecule is CCC/C(C#N)=C(/N)c1cccc(C)c1I. The topological polar surface area (TPSA) is 49.8 Å². The second-order valence-electron chi connectivity index (χ2n) is 3.69. The van der Waals surface area contributed by atoms with Crippen LogP contribution in [0.3, 0.4) is 0 Å². The second-order valence-corrected chi connectivity index (χ2v) is 4.77. The van der Waals surface area contributed by atoms with Gasteiger partial charge >= 0.3 is 0 Å².